The summed E-state index contributed by atoms with van der Waals surface area (Å²) < 4.78 is 16.3. The fourth-order valence-corrected chi connectivity index (χ4v) is 3.69. The van der Waals surface area contributed by atoms with Gasteiger partial charge in [-0.2, -0.15) is 0 Å². The van der Waals surface area contributed by atoms with Crippen molar-refractivity contribution in [1.29, 1.82) is 0 Å². The van der Waals surface area contributed by atoms with Crippen molar-refractivity contribution in [2.24, 2.45) is 0 Å². The van der Waals surface area contributed by atoms with Gasteiger partial charge in [0.25, 0.3) is 0 Å². The number of esters is 1. The van der Waals surface area contributed by atoms with Crippen molar-refractivity contribution < 1.29 is 49.6 Å². The Balaban J connectivity index is 1.67. The first-order valence-corrected chi connectivity index (χ1v) is 10.2. The number of aliphatic hydroxyl groups excluding tert-OH is 4. The van der Waals surface area contributed by atoms with E-state index in [0.717, 1.165) is 18.9 Å². The first-order chi connectivity index (χ1) is 14.8. The SMILES string of the molecule is O=C(/C=C/c1ccc(O)c(O)c1)O[C@@H]1[C@@H](O)[C@H](O[C@@H]2CCCC[C@@H]2O)O[C@H](CO)[C@H]1O. The number of benzene rings is 1. The summed E-state index contributed by atoms with van der Waals surface area (Å²) in [7, 11) is 0. The Morgan fingerprint density at radius 2 is 1.84 bits per heavy atom. The van der Waals surface area contributed by atoms with E-state index in [4.69, 9.17) is 14.2 Å². The average molecular weight is 440 g/mol. The van der Waals surface area contributed by atoms with Crippen molar-refractivity contribution >= 4 is 12.0 Å². The van der Waals surface area contributed by atoms with E-state index in [0.29, 0.717) is 18.4 Å². The van der Waals surface area contributed by atoms with Crippen molar-refractivity contribution in [2.75, 3.05) is 6.61 Å². The van der Waals surface area contributed by atoms with E-state index in [9.17, 15) is 35.4 Å². The molecule has 0 bridgehead atoms. The van der Waals surface area contributed by atoms with E-state index in [1.165, 1.54) is 24.3 Å². The molecule has 3 rings (SSSR count). The number of aromatic hydroxyl groups is 2. The molecule has 10 nitrogen and oxygen atoms in total. The zero-order chi connectivity index (χ0) is 22.5. The number of carbonyl (C=O) groups excluding carboxylic acids is 1. The first kappa shape index (κ1) is 23.5. The van der Waals surface area contributed by atoms with Gasteiger partial charge in [0, 0.05) is 6.08 Å². The molecule has 0 amide bonds. The molecule has 1 saturated heterocycles. The standard InChI is InChI=1S/C21H28O10/c22-10-16-18(27)20(19(28)21(30-16)29-15-4-2-1-3-13(15)24)31-17(26)8-6-11-5-7-12(23)14(25)9-11/h5-9,13,15-16,18-25,27-28H,1-4,10H2/b8-6+/t13-,15+,16+,18+,19+,20-,21+/m0/s1. The molecule has 10 heteroatoms. The molecule has 0 spiro atoms. The molecule has 1 aliphatic carbocycles. The summed E-state index contributed by atoms with van der Waals surface area (Å²) in [6.07, 6.45) is -3.14. The van der Waals surface area contributed by atoms with Gasteiger partial charge in [-0.15, -0.1) is 0 Å². The second-order valence-corrected chi connectivity index (χ2v) is 7.72. The van der Waals surface area contributed by atoms with Gasteiger partial charge in [0.1, 0.15) is 18.3 Å². The van der Waals surface area contributed by atoms with E-state index in [2.05, 4.69) is 0 Å². The molecule has 1 aromatic rings. The van der Waals surface area contributed by atoms with Gasteiger partial charge in [0.15, 0.2) is 23.9 Å². The Bertz CT molecular complexity index is 781. The summed E-state index contributed by atoms with van der Waals surface area (Å²) in [5, 5.41) is 59.4. The smallest absolute Gasteiger partial charge is 0.331 e. The van der Waals surface area contributed by atoms with Crippen LogP contribution in [0.2, 0.25) is 0 Å². The van der Waals surface area contributed by atoms with E-state index in [1.807, 2.05) is 0 Å². The molecule has 1 aromatic carbocycles. The lowest BCUT2D eigenvalue weighted by molar-refractivity contribution is -0.319. The van der Waals surface area contributed by atoms with Gasteiger partial charge in [0.2, 0.25) is 0 Å². The lowest BCUT2D eigenvalue weighted by Gasteiger charge is -2.43. The number of carbonyl (C=O) groups is 1. The molecular weight excluding hydrogens is 412 g/mol. The Labute approximate surface area is 178 Å². The quantitative estimate of drug-likeness (QED) is 0.198. The van der Waals surface area contributed by atoms with Crippen molar-refractivity contribution in [3.05, 3.63) is 29.8 Å². The molecule has 7 atom stereocenters. The maximum Gasteiger partial charge on any atom is 0.331 e. The van der Waals surface area contributed by atoms with Crippen LogP contribution in [-0.4, -0.2) is 86.1 Å². The third kappa shape index (κ3) is 5.73. The van der Waals surface area contributed by atoms with Crippen LogP contribution in [0.1, 0.15) is 31.2 Å². The number of aliphatic hydroxyl groups is 4. The van der Waals surface area contributed by atoms with Crippen LogP contribution in [-0.2, 0) is 19.0 Å². The van der Waals surface area contributed by atoms with E-state index in [1.54, 1.807) is 0 Å². The summed E-state index contributed by atoms with van der Waals surface area (Å²) in [6, 6.07) is 3.94. The van der Waals surface area contributed by atoms with Crippen LogP contribution in [0.4, 0.5) is 0 Å². The second kappa shape index (κ2) is 10.4. The molecule has 6 N–H and O–H groups in total. The minimum atomic E-state index is -1.55. The fraction of sp³-hybridized carbons (Fsp3) is 0.571. The van der Waals surface area contributed by atoms with E-state index in [-0.39, 0.29) is 11.5 Å². The highest BCUT2D eigenvalue weighted by molar-refractivity contribution is 5.87. The lowest BCUT2D eigenvalue weighted by atomic mass is 9.94. The highest BCUT2D eigenvalue weighted by atomic mass is 16.7. The molecule has 2 fully saturated rings. The van der Waals surface area contributed by atoms with Crippen molar-refractivity contribution in [1.82, 2.24) is 0 Å². The number of ether oxygens (including phenoxy) is 3. The molecule has 2 aliphatic rings. The number of phenols is 2. The molecule has 1 heterocycles. The Hall–Kier alpha value is -2.21. The van der Waals surface area contributed by atoms with Gasteiger partial charge in [-0.05, 0) is 36.6 Å². The van der Waals surface area contributed by atoms with Crippen molar-refractivity contribution in [3.63, 3.8) is 0 Å². The maximum absolute atomic E-state index is 12.2. The summed E-state index contributed by atoms with van der Waals surface area (Å²) in [5.74, 6) is -1.57. The van der Waals surface area contributed by atoms with Gasteiger partial charge in [-0.1, -0.05) is 18.9 Å². The third-order valence-electron chi connectivity index (χ3n) is 5.46. The Kier molecular flexibility index (Phi) is 7.87. The van der Waals surface area contributed by atoms with Gasteiger partial charge >= 0.3 is 5.97 Å². The van der Waals surface area contributed by atoms with Crippen LogP contribution in [0, 0.1) is 0 Å². The van der Waals surface area contributed by atoms with Gasteiger partial charge < -0.3 is 44.8 Å². The molecule has 0 aromatic heterocycles. The van der Waals surface area contributed by atoms with Crippen LogP contribution in [0.5, 0.6) is 11.5 Å². The monoisotopic (exact) mass is 440 g/mol. The average Bonchev–Trinajstić information content (AvgIpc) is 2.75. The molecule has 0 radical (unpaired) electrons. The topological polar surface area (TPSA) is 166 Å². The van der Waals surface area contributed by atoms with Crippen molar-refractivity contribution in [2.45, 2.75) is 68.6 Å². The fourth-order valence-electron chi connectivity index (χ4n) is 3.69. The zero-order valence-electron chi connectivity index (χ0n) is 16.8. The number of hydrogen-bond donors (Lipinski definition) is 6. The summed E-state index contributed by atoms with van der Waals surface area (Å²) >= 11 is 0. The first-order valence-electron chi connectivity index (χ1n) is 10.2. The van der Waals surface area contributed by atoms with Crippen molar-refractivity contribution in [3.8, 4) is 11.5 Å². The predicted molar refractivity (Wildman–Crippen MR) is 106 cm³/mol. The van der Waals surface area contributed by atoms with Crippen LogP contribution < -0.4 is 0 Å². The lowest BCUT2D eigenvalue weighted by Crippen LogP contribution is -2.61. The van der Waals surface area contributed by atoms with Gasteiger partial charge in [-0.3, -0.25) is 0 Å². The molecule has 31 heavy (non-hydrogen) atoms. The minimum Gasteiger partial charge on any atom is -0.504 e. The van der Waals surface area contributed by atoms with Crippen LogP contribution >= 0.6 is 0 Å². The number of hydrogen-bond acceptors (Lipinski definition) is 10. The zero-order valence-corrected chi connectivity index (χ0v) is 16.8. The number of phenolic OH excluding ortho intramolecular Hbond substituents is 2. The predicted octanol–water partition coefficient (Wildman–Crippen LogP) is -0.218. The second-order valence-electron chi connectivity index (χ2n) is 7.72. The van der Waals surface area contributed by atoms with Gasteiger partial charge in [-0.25, -0.2) is 4.79 Å². The van der Waals surface area contributed by atoms with Gasteiger partial charge in [0.05, 0.1) is 18.8 Å². The summed E-state index contributed by atoms with van der Waals surface area (Å²) in [4.78, 5) is 12.2. The summed E-state index contributed by atoms with van der Waals surface area (Å²) in [5.41, 5.74) is 0.404. The van der Waals surface area contributed by atoms with Crippen LogP contribution in [0.3, 0.4) is 0 Å². The van der Waals surface area contributed by atoms with Crippen LogP contribution in [0.15, 0.2) is 24.3 Å². The molecule has 1 saturated carbocycles. The summed E-state index contributed by atoms with van der Waals surface area (Å²) in [6.45, 7) is -0.600. The van der Waals surface area contributed by atoms with Crippen LogP contribution in [0.25, 0.3) is 6.08 Å². The Morgan fingerprint density at radius 3 is 2.52 bits per heavy atom. The normalized spacial score (nSPS) is 34.0. The number of rotatable bonds is 6. The molecule has 172 valence electrons. The molecule has 0 unspecified atom stereocenters. The minimum absolute atomic E-state index is 0.308. The Morgan fingerprint density at radius 1 is 1.10 bits per heavy atom. The highest BCUT2D eigenvalue weighted by Crippen LogP contribution is 2.29. The largest absolute Gasteiger partial charge is 0.504 e. The molecule has 1 aliphatic heterocycles. The third-order valence-corrected chi connectivity index (χ3v) is 5.46. The van der Waals surface area contributed by atoms with E-state index < -0.39 is 55.5 Å². The highest BCUT2D eigenvalue weighted by Gasteiger charge is 2.48. The maximum atomic E-state index is 12.2. The molecular formula is C21H28O10. The van der Waals surface area contributed by atoms with E-state index >= 15 is 0 Å².